The quantitative estimate of drug-likeness (QED) is 0.628. The average Bonchev–Trinajstić information content (AvgIpc) is 2.51. The number of H-pyrrole nitrogens is 1. The first-order valence-electron chi connectivity index (χ1n) is 4.57. The Kier molecular flexibility index (Phi) is 3.92. The van der Waals surface area contributed by atoms with Crippen LogP contribution in [0.2, 0.25) is 0 Å². The fourth-order valence-corrected chi connectivity index (χ4v) is 1.26. The van der Waals surface area contributed by atoms with Crippen LogP contribution in [0.3, 0.4) is 0 Å². The zero-order chi connectivity index (χ0) is 9.68. The Morgan fingerprint density at radius 1 is 1.62 bits per heavy atom. The number of imidazole rings is 1. The number of aliphatic hydroxyl groups excluding tert-OH is 1. The molecule has 2 unspecified atom stereocenters. The molecule has 4 nitrogen and oxygen atoms in total. The summed E-state index contributed by atoms with van der Waals surface area (Å²) in [5.74, 6) is 0. The molecule has 0 bridgehead atoms. The summed E-state index contributed by atoms with van der Waals surface area (Å²) < 4.78 is 0. The number of nitrogens with one attached hydrogen (secondary N) is 2. The first kappa shape index (κ1) is 10.2. The van der Waals surface area contributed by atoms with Crippen molar-refractivity contribution in [2.24, 2.45) is 0 Å². The van der Waals surface area contributed by atoms with E-state index in [1.165, 1.54) is 0 Å². The van der Waals surface area contributed by atoms with E-state index in [9.17, 15) is 0 Å². The van der Waals surface area contributed by atoms with Gasteiger partial charge in [-0.2, -0.15) is 0 Å². The number of nitrogens with zero attached hydrogens (tertiary/aromatic N) is 1. The largest absolute Gasteiger partial charge is 0.393 e. The van der Waals surface area contributed by atoms with Gasteiger partial charge in [0, 0.05) is 24.5 Å². The molecular formula is C9H17N3O. The van der Waals surface area contributed by atoms with Crippen LogP contribution in [-0.2, 0) is 6.54 Å². The molecular weight excluding hydrogens is 166 g/mol. The molecule has 2 atom stereocenters. The van der Waals surface area contributed by atoms with Gasteiger partial charge in [-0.3, -0.25) is 0 Å². The van der Waals surface area contributed by atoms with E-state index in [1.807, 2.05) is 0 Å². The van der Waals surface area contributed by atoms with Crippen LogP contribution in [-0.4, -0.2) is 27.2 Å². The maximum absolute atomic E-state index is 9.12. The molecule has 1 aromatic heterocycles. The molecule has 0 amide bonds. The lowest BCUT2D eigenvalue weighted by atomic mass is 10.1. The van der Waals surface area contributed by atoms with Gasteiger partial charge in [0.25, 0.3) is 0 Å². The zero-order valence-corrected chi connectivity index (χ0v) is 8.12. The predicted molar refractivity (Wildman–Crippen MR) is 51.2 cm³/mol. The molecule has 1 aromatic rings. The number of rotatable bonds is 5. The fraction of sp³-hybridized carbons (Fsp3) is 0.667. The molecule has 74 valence electrons. The molecule has 0 saturated heterocycles. The normalized spacial score (nSPS) is 15.6. The van der Waals surface area contributed by atoms with E-state index in [2.05, 4.69) is 22.2 Å². The van der Waals surface area contributed by atoms with Crippen molar-refractivity contribution in [3.63, 3.8) is 0 Å². The molecule has 0 spiro atoms. The SMILES string of the molecule is CC(O)CC(C)NCc1cnc[nH]1. The van der Waals surface area contributed by atoms with Crippen molar-refractivity contribution in [2.45, 2.75) is 39.0 Å². The topological polar surface area (TPSA) is 60.9 Å². The van der Waals surface area contributed by atoms with E-state index in [0.717, 1.165) is 18.7 Å². The van der Waals surface area contributed by atoms with E-state index in [4.69, 9.17) is 5.11 Å². The maximum atomic E-state index is 9.12. The molecule has 0 saturated carbocycles. The minimum Gasteiger partial charge on any atom is -0.393 e. The number of aromatic nitrogens is 2. The van der Waals surface area contributed by atoms with Gasteiger partial charge in [-0.25, -0.2) is 4.98 Å². The second kappa shape index (κ2) is 4.99. The molecule has 0 aliphatic rings. The van der Waals surface area contributed by atoms with Crippen molar-refractivity contribution in [2.75, 3.05) is 0 Å². The van der Waals surface area contributed by atoms with Gasteiger partial charge in [-0.05, 0) is 20.3 Å². The second-order valence-corrected chi connectivity index (χ2v) is 3.44. The smallest absolute Gasteiger partial charge is 0.0922 e. The van der Waals surface area contributed by atoms with E-state index < -0.39 is 0 Å². The zero-order valence-electron chi connectivity index (χ0n) is 8.12. The molecule has 0 aliphatic carbocycles. The summed E-state index contributed by atoms with van der Waals surface area (Å²) in [5, 5.41) is 12.4. The second-order valence-electron chi connectivity index (χ2n) is 3.44. The molecule has 1 heterocycles. The van der Waals surface area contributed by atoms with Crippen LogP contribution in [0.15, 0.2) is 12.5 Å². The Labute approximate surface area is 78.4 Å². The lowest BCUT2D eigenvalue weighted by Crippen LogP contribution is -2.28. The van der Waals surface area contributed by atoms with Gasteiger partial charge in [0.2, 0.25) is 0 Å². The summed E-state index contributed by atoms with van der Waals surface area (Å²) in [6.45, 7) is 4.63. The van der Waals surface area contributed by atoms with Gasteiger partial charge in [0.15, 0.2) is 0 Å². The van der Waals surface area contributed by atoms with Crippen LogP contribution in [0.4, 0.5) is 0 Å². The Morgan fingerprint density at radius 3 is 2.92 bits per heavy atom. The minimum absolute atomic E-state index is 0.246. The monoisotopic (exact) mass is 183 g/mol. The maximum Gasteiger partial charge on any atom is 0.0922 e. The summed E-state index contributed by atoms with van der Waals surface area (Å²) >= 11 is 0. The molecule has 0 aromatic carbocycles. The van der Waals surface area contributed by atoms with Crippen LogP contribution < -0.4 is 5.32 Å². The lowest BCUT2D eigenvalue weighted by Gasteiger charge is -2.14. The van der Waals surface area contributed by atoms with Gasteiger partial charge < -0.3 is 15.4 Å². The van der Waals surface area contributed by atoms with Gasteiger partial charge in [-0.15, -0.1) is 0 Å². The molecule has 13 heavy (non-hydrogen) atoms. The van der Waals surface area contributed by atoms with Gasteiger partial charge in [0.05, 0.1) is 12.4 Å². The first-order valence-corrected chi connectivity index (χ1v) is 4.57. The Balaban J connectivity index is 2.19. The summed E-state index contributed by atoms with van der Waals surface area (Å²) in [5.41, 5.74) is 1.07. The third kappa shape index (κ3) is 4.05. The summed E-state index contributed by atoms with van der Waals surface area (Å²) in [6.07, 6.45) is 3.98. The standard InChI is InChI=1S/C9H17N3O/c1-7(3-8(2)13)11-5-9-4-10-6-12-9/h4,6-8,11,13H,3,5H2,1-2H3,(H,10,12). The number of aromatic amines is 1. The van der Waals surface area contributed by atoms with Crippen molar-refractivity contribution in [1.29, 1.82) is 0 Å². The van der Waals surface area contributed by atoms with E-state index in [-0.39, 0.29) is 6.10 Å². The molecule has 0 aliphatic heterocycles. The van der Waals surface area contributed by atoms with E-state index in [1.54, 1.807) is 19.4 Å². The van der Waals surface area contributed by atoms with Crippen molar-refractivity contribution in [1.82, 2.24) is 15.3 Å². The summed E-state index contributed by atoms with van der Waals surface area (Å²) in [7, 11) is 0. The summed E-state index contributed by atoms with van der Waals surface area (Å²) in [4.78, 5) is 6.93. The number of hydrogen-bond acceptors (Lipinski definition) is 3. The van der Waals surface area contributed by atoms with Crippen molar-refractivity contribution >= 4 is 0 Å². The highest BCUT2D eigenvalue weighted by atomic mass is 16.3. The Hall–Kier alpha value is -0.870. The third-order valence-corrected chi connectivity index (χ3v) is 1.89. The molecule has 0 radical (unpaired) electrons. The van der Waals surface area contributed by atoms with E-state index in [0.29, 0.717) is 6.04 Å². The highest BCUT2D eigenvalue weighted by molar-refractivity contribution is 4.93. The fourth-order valence-electron chi connectivity index (χ4n) is 1.26. The van der Waals surface area contributed by atoms with Crippen LogP contribution in [0.5, 0.6) is 0 Å². The number of hydrogen-bond donors (Lipinski definition) is 3. The molecule has 1 rings (SSSR count). The third-order valence-electron chi connectivity index (χ3n) is 1.89. The van der Waals surface area contributed by atoms with Crippen LogP contribution >= 0.6 is 0 Å². The van der Waals surface area contributed by atoms with Crippen molar-refractivity contribution < 1.29 is 5.11 Å². The van der Waals surface area contributed by atoms with Gasteiger partial charge in [0.1, 0.15) is 0 Å². The van der Waals surface area contributed by atoms with Crippen LogP contribution in [0, 0.1) is 0 Å². The summed E-state index contributed by atoms with van der Waals surface area (Å²) in [6, 6.07) is 0.322. The van der Waals surface area contributed by atoms with Crippen LogP contribution in [0.1, 0.15) is 26.0 Å². The van der Waals surface area contributed by atoms with Crippen molar-refractivity contribution in [3.8, 4) is 0 Å². The highest BCUT2D eigenvalue weighted by Gasteiger charge is 2.05. The van der Waals surface area contributed by atoms with Crippen LogP contribution in [0.25, 0.3) is 0 Å². The molecule has 0 fully saturated rings. The Bertz CT molecular complexity index is 221. The minimum atomic E-state index is -0.246. The lowest BCUT2D eigenvalue weighted by molar-refractivity contribution is 0.170. The van der Waals surface area contributed by atoms with Gasteiger partial charge >= 0.3 is 0 Å². The number of aliphatic hydroxyl groups is 1. The highest BCUT2D eigenvalue weighted by Crippen LogP contribution is 1.98. The van der Waals surface area contributed by atoms with Crippen molar-refractivity contribution in [3.05, 3.63) is 18.2 Å². The van der Waals surface area contributed by atoms with Gasteiger partial charge in [-0.1, -0.05) is 0 Å². The molecule has 3 N–H and O–H groups in total. The molecule has 4 heteroatoms. The predicted octanol–water partition coefficient (Wildman–Crippen LogP) is 0.659. The Morgan fingerprint density at radius 2 is 2.38 bits per heavy atom. The average molecular weight is 183 g/mol. The first-order chi connectivity index (χ1) is 6.18. The van der Waals surface area contributed by atoms with E-state index >= 15 is 0 Å².